The molecule has 0 unspecified atom stereocenters. The zero-order chi connectivity index (χ0) is 20.0. The fourth-order valence-corrected chi connectivity index (χ4v) is 3.39. The van der Waals surface area contributed by atoms with Gasteiger partial charge in [-0.2, -0.15) is 0 Å². The first-order valence-corrected chi connectivity index (χ1v) is 9.46. The maximum atomic E-state index is 12.3. The molecule has 11 heteroatoms. The molecule has 0 aromatic heterocycles. The van der Waals surface area contributed by atoms with Crippen LogP contribution in [0.15, 0.2) is 47.4 Å². The molecular formula is C16H16ClN3O6S. The van der Waals surface area contributed by atoms with E-state index >= 15 is 0 Å². The number of hydrogen-bond acceptors (Lipinski definition) is 6. The highest BCUT2D eigenvalue weighted by Gasteiger charge is 2.22. The number of nitro groups is 1. The van der Waals surface area contributed by atoms with E-state index in [0.717, 1.165) is 6.07 Å². The number of nitrogens with one attached hydrogen (secondary N) is 2. The first-order chi connectivity index (χ1) is 12.7. The van der Waals surface area contributed by atoms with Crippen molar-refractivity contribution in [2.45, 2.75) is 11.3 Å². The number of sulfonamides is 1. The summed E-state index contributed by atoms with van der Waals surface area (Å²) in [4.78, 5) is 21.8. The second-order valence-corrected chi connectivity index (χ2v) is 7.50. The lowest BCUT2D eigenvalue weighted by atomic mass is 10.3. The topological polar surface area (TPSA) is 128 Å². The number of methoxy groups -OCH3 is 1. The van der Waals surface area contributed by atoms with Gasteiger partial charge in [0.15, 0.2) is 5.75 Å². The minimum atomic E-state index is -4.03. The summed E-state index contributed by atoms with van der Waals surface area (Å²) in [7, 11) is -2.78. The van der Waals surface area contributed by atoms with Crippen LogP contribution >= 0.6 is 11.6 Å². The van der Waals surface area contributed by atoms with Gasteiger partial charge < -0.3 is 10.1 Å². The lowest BCUT2D eigenvalue weighted by molar-refractivity contribution is -0.386. The van der Waals surface area contributed by atoms with Gasteiger partial charge in [-0.1, -0.05) is 17.7 Å². The largest absolute Gasteiger partial charge is 0.490 e. The molecule has 0 atom stereocenters. The van der Waals surface area contributed by atoms with Crippen molar-refractivity contribution >= 4 is 38.9 Å². The lowest BCUT2D eigenvalue weighted by Gasteiger charge is -2.09. The lowest BCUT2D eigenvalue weighted by Crippen LogP contribution is -2.28. The maximum absolute atomic E-state index is 12.3. The molecule has 2 aromatic rings. The Balaban J connectivity index is 1.99. The Labute approximate surface area is 160 Å². The predicted octanol–water partition coefficient (Wildman–Crippen LogP) is 2.56. The van der Waals surface area contributed by atoms with E-state index < -0.39 is 26.5 Å². The summed E-state index contributed by atoms with van der Waals surface area (Å²) in [6.07, 6.45) is -0.135. The van der Waals surface area contributed by atoms with Crippen LogP contribution in [0.4, 0.5) is 11.4 Å². The van der Waals surface area contributed by atoms with Crippen molar-refractivity contribution in [1.29, 1.82) is 0 Å². The zero-order valence-electron chi connectivity index (χ0n) is 14.1. The van der Waals surface area contributed by atoms with Gasteiger partial charge in [-0.3, -0.25) is 14.9 Å². The molecule has 144 valence electrons. The third-order valence-electron chi connectivity index (χ3n) is 3.41. The third kappa shape index (κ3) is 5.64. The summed E-state index contributed by atoms with van der Waals surface area (Å²) in [5.74, 6) is -0.472. The molecule has 0 fully saturated rings. The van der Waals surface area contributed by atoms with Crippen LogP contribution in [0.5, 0.6) is 5.75 Å². The fraction of sp³-hybridized carbons (Fsp3) is 0.188. The highest BCUT2D eigenvalue weighted by atomic mass is 35.5. The molecule has 0 aliphatic carbocycles. The predicted molar refractivity (Wildman–Crippen MR) is 99.5 cm³/mol. The summed E-state index contributed by atoms with van der Waals surface area (Å²) >= 11 is 5.82. The minimum absolute atomic E-state index is 0.0557. The Morgan fingerprint density at radius 3 is 2.63 bits per heavy atom. The average molecular weight is 414 g/mol. The first kappa shape index (κ1) is 20.6. The molecule has 0 radical (unpaired) electrons. The van der Waals surface area contributed by atoms with Gasteiger partial charge in [-0.25, -0.2) is 13.1 Å². The summed E-state index contributed by atoms with van der Waals surface area (Å²) in [5.41, 5.74) is 0.0141. The number of anilines is 1. The number of hydrogen-bond donors (Lipinski definition) is 2. The number of nitrogens with zero attached hydrogens (tertiary/aromatic N) is 1. The normalized spacial score (nSPS) is 11.0. The van der Waals surface area contributed by atoms with E-state index in [4.69, 9.17) is 16.3 Å². The van der Waals surface area contributed by atoms with Gasteiger partial charge >= 0.3 is 5.69 Å². The van der Waals surface area contributed by atoms with Crippen molar-refractivity contribution in [2.24, 2.45) is 0 Å². The van der Waals surface area contributed by atoms with Crippen molar-refractivity contribution in [3.63, 3.8) is 0 Å². The van der Waals surface area contributed by atoms with E-state index in [1.54, 1.807) is 24.3 Å². The van der Waals surface area contributed by atoms with E-state index in [-0.39, 0.29) is 23.6 Å². The monoisotopic (exact) mass is 413 g/mol. The highest BCUT2D eigenvalue weighted by Crippen LogP contribution is 2.29. The van der Waals surface area contributed by atoms with Crippen molar-refractivity contribution in [1.82, 2.24) is 4.72 Å². The molecule has 9 nitrogen and oxygen atoms in total. The van der Waals surface area contributed by atoms with Crippen molar-refractivity contribution in [2.75, 3.05) is 19.0 Å². The molecule has 0 aliphatic rings. The number of benzene rings is 2. The number of halogens is 1. The molecule has 2 rings (SSSR count). The van der Waals surface area contributed by atoms with Crippen LogP contribution in [-0.2, 0) is 14.8 Å². The quantitative estimate of drug-likeness (QED) is 0.505. The van der Waals surface area contributed by atoms with Crippen LogP contribution in [0.25, 0.3) is 0 Å². The van der Waals surface area contributed by atoms with Crippen LogP contribution in [-0.4, -0.2) is 32.9 Å². The molecule has 2 aromatic carbocycles. The molecule has 0 heterocycles. The summed E-state index contributed by atoms with van der Waals surface area (Å²) in [6.45, 7) is -0.186. The SMILES string of the molecule is COc1ccc(S(=O)(=O)NCCC(=O)Nc2cccc(Cl)c2)cc1[N+](=O)[O-]. The Bertz CT molecular complexity index is 964. The van der Waals surface area contributed by atoms with Crippen LogP contribution in [0.3, 0.4) is 0 Å². The minimum Gasteiger partial charge on any atom is -0.490 e. The Hall–Kier alpha value is -2.69. The molecule has 0 saturated carbocycles. The molecule has 0 spiro atoms. The number of carbonyl (C=O) groups is 1. The smallest absolute Gasteiger partial charge is 0.312 e. The second-order valence-electron chi connectivity index (χ2n) is 5.30. The third-order valence-corrected chi connectivity index (χ3v) is 5.10. The standard InChI is InChI=1S/C16H16ClN3O6S/c1-26-15-6-5-13(10-14(15)20(22)23)27(24,25)18-8-7-16(21)19-12-4-2-3-11(17)9-12/h2-6,9-10,18H,7-8H2,1H3,(H,19,21). The van der Waals surface area contributed by atoms with Crippen molar-refractivity contribution in [3.8, 4) is 5.75 Å². The van der Waals surface area contributed by atoms with Gasteiger partial charge in [0.25, 0.3) is 0 Å². The van der Waals surface area contributed by atoms with Crippen molar-refractivity contribution < 1.29 is 22.9 Å². The summed E-state index contributed by atoms with van der Waals surface area (Å²) in [5, 5.41) is 14.0. The molecule has 1 amide bonds. The van der Waals surface area contributed by atoms with Crippen LogP contribution in [0.2, 0.25) is 5.02 Å². The second kappa shape index (κ2) is 8.80. The number of rotatable bonds is 8. The van der Waals surface area contributed by atoms with Gasteiger partial charge in [-0.15, -0.1) is 0 Å². The number of carbonyl (C=O) groups excluding carboxylic acids is 1. The molecule has 0 aliphatic heterocycles. The zero-order valence-corrected chi connectivity index (χ0v) is 15.7. The fourth-order valence-electron chi connectivity index (χ4n) is 2.15. The average Bonchev–Trinajstić information content (AvgIpc) is 2.60. The van der Waals surface area contributed by atoms with Crippen LogP contribution in [0, 0.1) is 10.1 Å². The Morgan fingerprint density at radius 1 is 1.26 bits per heavy atom. The molecule has 0 saturated heterocycles. The van der Waals surface area contributed by atoms with Crippen LogP contribution < -0.4 is 14.8 Å². The Kier molecular flexibility index (Phi) is 6.72. The van der Waals surface area contributed by atoms with Gasteiger partial charge in [0.1, 0.15) is 0 Å². The molecule has 2 N–H and O–H groups in total. The van der Waals surface area contributed by atoms with E-state index in [1.165, 1.54) is 19.2 Å². The van der Waals surface area contributed by atoms with Crippen molar-refractivity contribution in [3.05, 3.63) is 57.6 Å². The summed E-state index contributed by atoms with van der Waals surface area (Å²) < 4.78 is 31.6. The highest BCUT2D eigenvalue weighted by molar-refractivity contribution is 7.89. The van der Waals surface area contributed by atoms with Gasteiger partial charge in [0, 0.05) is 29.7 Å². The maximum Gasteiger partial charge on any atom is 0.312 e. The van der Waals surface area contributed by atoms with E-state index in [0.29, 0.717) is 10.7 Å². The van der Waals surface area contributed by atoms with E-state index in [2.05, 4.69) is 10.0 Å². The Morgan fingerprint density at radius 2 is 2.00 bits per heavy atom. The molecule has 27 heavy (non-hydrogen) atoms. The molecular weight excluding hydrogens is 398 g/mol. The number of amides is 1. The van der Waals surface area contributed by atoms with E-state index in [1.807, 2.05) is 0 Å². The summed E-state index contributed by atoms with van der Waals surface area (Å²) in [6, 6.07) is 9.78. The molecule has 0 bridgehead atoms. The van der Waals surface area contributed by atoms with Gasteiger partial charge in [0.05, 0.1) is 16.9 Å². The number of nitro benzene ring substituents is 1. The number of ether oxygens (including phenoxy) is 1. The van der Waals surface area contributed by atoms with Crippen LogP contribution in [0.1, 0.15) is 6.42 Å². The van der Waals surface area contributed by atoms with Gasteiger partial charge in [-0.05, 0) is 30.3 Å². The van der Waals surface area contributed by atoms with E-state index in [9.17, 15) is 23.3 Å². The van der Waals surface area contributed by atoms with Gasteiger partial charge in [0.2, 0.25) is 15.9 Å². The first-order valence-electron chi connectivity index (χ1n) is 7.60.